The van der Waals surface area contributed by atoms with Crippen LogP contribution in [0.15, 0.2) is 24.3 Å². The van der Waals surface area contributed by atoms with E-state index in [1.165, 1.54) is 12.1 Å². The molecule has 6 heteroatoms. The maximum Gasteiger partial charge on any atom is 0.234 e. The van der Waals surface area contributed by atoms with E-state index >= 15 is 0 Å². The van der Waals surface area contributed by atoms with E-state index in [-0.39, 0.29) is 18.0 Å². The van der Waals surface area contributed by atoms with Gasteiger partial charge in [-0.2, -0.15) is 11.8 Å². The van der Waals surface area contributed by atoms with Crippen LogP contribution in [0.3, 0.4) is 0 Å². The first-order valence-corrected chi connectivity index (χ1v) is 8.20. The molecule has 1 aliphatic rings. The lowest BCUT2D eigenvalue weighted by atomic mass is 10.1. The van der Waals surface area contributed by atoms with Gasteiger partial charge in [-0.3, -0.25) is 9.69 Å². The van der Waals surface area contributed by atoms with Gasteiger partial charge < -0.3 is 10.4 Å². The number of benzene rings is 1. The van der Waals surface area contributed by atoms with Gasteiger partial charge in [-0.05, 0) is 25.3 Å². The lowest BCUT2D eigenvalue weighted by Gasteiger charge is -2.23. The van der Waals surface area contributed by atoms with E-state index in [4.69, 9.17) is 0 Å². The summed E-state index contributed by atoms with van der Waals surface area (Å²) in [7, 11) is 1.93. The first kappa shape index (κ1) is 16.3. The summed E-state index contributed by atoms with van der Waals surface area (Å²) in [6.45, 7) is 0.322. The molecule has 0 radical (unpaired) electrons. The molecule has 1 amide bonds. The van der Waals surface area contributed by atoms with Crippen LogP contribution < -0.4 is 5.32 Å². The highest BCUT2D eigenvalue weighted by Crippen LogP contribution is 2.21. The molecule has 0 saturated carbocycles. The number of carbonyl (C=O) groups excluding carboxylic acids is 1. The Balaban J connectivity index is 1.77. The second-order valence-electron chi connectivity index (χ2n) is 5.27. The van der Waals surface area contributed by atoms with Gasteiger partial charge in [0.05, 0.1) is 12.6 Å². The Bertz CT molecular complexity index is 480. The minimum absolute atomic E-state index is 0.0209. The van der Waals surface area contributed by atoms with Gasteiger partial charge in [0, 0.05) is 23.9 Å². The topological polar surface area (TPSA) is 52.6 Å². The van der Waals surface area contributed by atoms with E-state index in [0.29, 0.717) is 12.6 Å². The number of hydrogen-bond acceptors (Lipinski definition) is 4. The van der Waals surface area contributed by atoms with Crippen molar-refractivity contribution < 1.29 is 14.3 Å². The van der Waals surface area contributed by atoms with Crippen LogP contribution in [-0.2, 0) is 4.79 Å². The lowest BCUT2D eigenvalue weighted by Crippen LogP contribution is -2.41. The van der Waals surface area contributed by atoms with Crippen LogP contribution in [0.1, 0.15) is 18.1 Å². The van der Waals surface area contributed by atoms with Crippen LogP contribution in [0.2, 0.25) is 0 Å². The van der Waals surface area contributed by atoms with E-state index in [1.54, 1.807) is 12.1 Å². The van der Waals surface area contributed by atoms with Crippen molar-refractivity contribution in [3.05, 3.63) is 35.6 Å². The largest absolute Gasteiger partial charge is 0.386 e. The monoisotopic (exact) mass is 312 g/mol. The van der Waals surface area contributed by atoms with Gasteiger partial charge in [-0.1, -0.05) is 18.2 Å². The predicted octanol–water partition coefficient (Wildman–Crippen LogP) is 1.41. The fraction of sp³-hybridized carbons (Fsp3) is 0.533. The predicted molar refractivity (Wildman–Crippen MR) is 82.7 cm³/mol. The molecule has 0 aromatic heterocycles. The summed E-state index contributed by atoms with van der Waals surface area (Å²) in [4.78, 5) is 13.9. The second kappa shape index (κ2) is 7.77. The lowest BCUT2D eigenvalue weighted by molar-refractivity contribution is -0.122. The first-order chi connectivity index (χ1) is 10.1. The van der Waals surface area contributed by atoms with E-state index in [9.17, 15) is 14.3 Å². The Morgan fingerprint density at radius 2 is 2.33 bits per heavy atom. The zero-order chi connectivity index (χ0) is 15.2. The number of thioether (sulfide) groups is 1. The van der Waals surface area contributed by atoms with E-state index in [0.717, 1.165) is 17.9 Å². The highest BCUT2D eigenvalue weighted by Gasteiger charge is 2.22. The van der Waals surface area contributed by atoms with Crippen LogP contribution in [0, 0.1) is 5.82 Å². The zero-order valence-corrected chi connectivity index (χ0v) is 12.9. The quantitative estimate of drug-likeness (QED) is 0.834. The van der Waals surface area contributed by atoms with Crippen molar-refractivity contribution in [2.24, 2.45) is 0 Å². The molecule has 2 N–H and O–H groups in total. The van der Waals surface area contributed by atoms with Crippen LogP contribution in [0.4, 0.5) is 4.39 Å². The summed E-state index contributed by atoms with van der Waals surface area (Å²) in [5, 5.41) is 12.6. The standard InChI is InChI=1S/C15H21FN2O2S/c1-18(11-6-7-21-10-11)9-15(20)17-8-14(19)12-4-2-3-5-13(12)16/h2-5,11,14,19H,6-10H2,1H3,(H,17,20). The number of rotatable bonds is 6. The SMILES string of the molecule is CN(CC(=O)NCC(O)c1ccccc1F)C1CCSC1. The van der Waals surface area contributed by atoms with Gasteiger partial charge in [0.15, 0.2) is 0 Å². The van der Waals surface area contributed by atoms with E-state index in [1.807, 2.05) is 23.7 Å². The molecule has 116 valence electrons. The maximum atomic E-state index is 13.5. The molecule has 1 saturated heterocycles. The number of aliphatic hydroxyl groups is 1. The molecule has 21 heavy (non-hydrogen) atoms. The molecule has 4 nitrogen and oxygen atoms in total. The average molecular weight is 312 g/mol. The third kappa shape index (κ3) is 4.69. The molecule has 1 aromatic carbocycles. The number of nitrogens with one attached hydrogen (secondary N) is 1. The smallest absolute Gasteiger partial charge is 0.234 e. The third-order valence-corrected chi connectivity index (χ3v) is 4.82. The summed E-state index contributed by atoms with van der Waals surface area (Å²) >= 11 is 1.90. The van der Waals surface area contributed by atoms with Crippen LogP contribution in [0.25, 0.3) is 0 Å². The number of nitrogens with zero attached hydrogens (tertiary/aromatic N) is 1. The Labute approximate surface area is 128 Å². The third-order valence-electron chi connectivity index (χ3n) is 3.68. The molecular weight excluding hydrogens is 291 g/mol. The van der Waals surface area contributed by atoms with Crippen molar-refractivity contribution >= 4 is 17.7 Å². The molecule has 1 aliphatic heterocycles. The molecule has 0 bridgehead atoms. The highest BCUT2D eigenvalue weighted by molar-refractivity contribution is 7.99. The minimum atomic E-state index is -1.03. The Hall–Kier alpha value is -1.11. The molecule has 1 heterocycles. The summed E-state index contributed by atoms with van der Waals surface area (Å²) in [5.74, 6) is 1.59. The number of amides is 1. The van der Waals surface area contributed by atoms with E-state index < -0.39 is 11.9 Å². The molecule has 1 fully saturated rings. The van der Waals surface area contributed by atoms with Gasteiger partial charge >= 0.3 is 0 Å². The minimum Gasteiger partial charge on any atom is -0.386 e. The molecular formula is C15H21FN2O2S. The number of halogens is 1. The van der Waals surface area contributed by atoms with Crippen LogP contribution >= 0.6 is 11.8 Å². The van der Waals surface area contributed by atoms with Gasteiger partial charge in [-0.25, -0.2) is 4.39 Å². The van der Waals surface area contributed by atoms with Crippen molar-refractivity contribution in [3.8, 4) is 0 Å². The summed E-state index contributed by atoms with van der Waals surface area (Å²) < 4.78 is 13.5. The molecule has 2 atom stereocenters. The van der Waals surface area contributed by atoms with Gasteiger partial charge in [0.2, 0.25) is 5.91 Å². The maximum absolute atomic E-state index is 13.5. The number of likely N-dealkylation sites (N-methyl/N-ethyl adjacent to an activating group) is 1. The van der Waals surface area contributed by atoms with Gasteiger partial charge in [-0.15, -0.1) is 0 Å². The Morgan fingerprint density at radius 1 is 1.57 bits per heavy atom. The zero-order valence-electron chi connectivity index (χ0n) is 12.1. The summed E-state index contributed by atoms with van der Waals surface area (Å²) in [6, 6.07) is 6.49. The Morgan fingerprint density at radius 3 is 3.00 bits per heavy atom. The van der Waals surface area contributed by atoms with E-state index in [2.05, 4.69) is 5.32 Å². The normalized spacial score (nSPS) is 19.7. The first-order valence-electron chi connectivity index (χ1n) is 7.05. The molecule has 0 spiro atoms. The van der Waals surface area contributed by atoms with Crippen LogP contribution in [0.5, 0.6) is 0 Å². The molecule has 2 unspecified atom stereocenters. The second-order valence-corrected chi connectivity index (χ2v) is 6.42. The fourth-order valence-corrected chi connectivity index (χ4v) is 3.65. The van der Waals surface area contributed by atoms with Gasteiger partial charge in [0.25, 0.3) is 0 Å². The Kier molecular flexibility index (Phi) is 6.02. The highest BCUT2D eigenvalue weighted by atomic mass is 32.2. The van der Waals surface area contributed by atoms with Gasteiger partial charge in [0.1, 0.15) is 5.82 Å². The van der Waals surface area contributed by atoms with Crippen molar-refractivity contribution in [1.82, 2.24) is 10.2 Å². The number of aliphatic hydroxyl groups excluding tert-OH is 1. The molecule has 0 aliphatic carbocycles. The fourth-order valence-electron chi connectivity index (χ4n) is 2.35. The average Bonchev–Trinajstić information content (AvgIpc) is 2.99. The van der Waals surface area contributed by atoms with Crippen molar-refractivity contribution in [2.45, 2.75) is 18.6 Å². The molecule has 2 rings (SSSR count). The summed E-state index contributed by atoms with van der Waals surface area (Å²) in [6.07, 6.45) is 0.0780. The molecule has 1 aromatic rings. The number of carbonyl (C=O) groups is 1. The van der Waals surface area contributed by atoms with Crippen LogP contribution in [-0.4, -0.2) is 53.6 Å². The van der Waals surface area contributed by atoms with Crippen molar-refractivity contribution in [3.63, 3.8) is 0 Å². The summed E-state index contributed by atoms with van der Waals surface area (Å²) in [5.41, 5.74) is 0.207. The van der Waals surface area contributed by atoms with Crippen molar-refractivity contribution in [1.29, 1.82) is 0 Å². The van der Waals surface area contributed by atoms with Crippen molar-refractivity contribution in [2.75, 3.05) is 31.6 Å². The number of hydrogen-bond donors (Lipinski definition) is 2.